The van der Waals surface area contributed by atoms with Crippen molar-refractivity contribution in [2.45, 2.75) is 18.9 Å². The van der Waals surface area contributed by atoms with Crippen LogP contribution in [0.4, 0.5) is 8.78 Å². The van der Waals surface area contributed by atoms with Crippen molar-refractivity contribution in [1.29, 1.82) is 0 Å². The Morgan fingerprint density at radius 2 is 1.93 bits per heavy atom. The lowest BCUT2D eigenvalue weighted by Crippen LogP contribution is -2.20. The van der Waals surface area contributed by atoms with Crippen molar-refractivity contribution < 1.29 is 13.6 Å². The third-order valence-corrected chi connectivity index (χ3v) is 2.34. The van der Waals surface area contributed by atoms with Gasteiger partial charge in [0.15, 0.2) is 0 Å². The van der Waals surface area contributed by atoms with Gasteiger partial charge in [-0.15, -0.1) is 0 Å². The van der Waals surface area contributed by atoms with E-state index < -0.39 is 17.7 Å². The maximum atomic E-state index is 13.2. The molecule has 1 atom stereocenters. The number of hydrogen-bond donors (Lipinski definition) is 1. The van der Waals surface area contributed by atoms with Crippen LogP contribution in [-0.4, -0.2) is 5.91 Å². The molecular weight excluding hydrogens is 188 g/mol. The standard InChI is InChI=1S/C10H9F2NO/c11-6-2-1-3-7(12)10(6)8-4-5-9(14)13-8/h1-3,8H,4-5H2,(H,13,14)/t8-/m0/s1. The zero-order chi connectivity index (χ0) is 10.1. The number of hydrogen-bond acceptors (Lipinski definition) is 1. The summed E-state index contributed by atoms with van der Waals surface area (Å²) in [4.78, 5) is 10.9. The minimum absolute atomic E-state index is 0.0293. The average molecular weight is 197 g/mol. The summed E-state index contributed by atoms with van der Waals surface area (Å²) in [5.74, 6) is -1.35. The van der Waals surface area contributed by atoms with Crippen LogP contribution in [-0.2, 0) is 4.79 Å². The van der Waals surface area contributed by atoms with E-state index in [4.69, 9.17) is 0 Å². The lowest BCUT2D eigenvalue weighted by Gasteiger charge is -2.11. The van der Waals surface area contributed by atoms with Gasteiger partial charge in [-0.05, 0) is 18.6 Å². The van der Waals surface area contributed by atoms with Crippen LogP contribution in [0.5, 0.6) is 0 Å². The Morgan fingerprint density at radius 3 is 2.43 bits per heavy atom. The Hall–Kier alpha value is -1.45. The van der Waals surface area contributed by atoms with Gasteiger partial charge in [0, 0.05) is 12.0 Å². The van der Waals surface area contributed by atoms with Crippen LogP contribution in [0.3, 0.4) is 0 Å². The summed E-state index contributed by atoms with van der Waals surface area (Å²) >= 11 is 0. The van der Waals surface area contributed by atoms with Gasteiger partial charge in [-0.1, -0.05) is 6.07 Å². The molecule has 1 heterocycles. The molecule has 1 aliphatic heterocycles. The van der Waals surface area contributed by atoms with E-state index in [0.717, 1.165) is 0 Å². The van der Waals surface area contributed by atoms with E-state index in [0.29, 0.717) is 12.8 Å². The second-order valence-corrected chi connectivity index (χ2v) is 3.29. The molecule has 1 fully saturated rings. The second kappa shape index (κ2) is 3.36. The first-order chi connectivity index (χ1) is 6.68. The Kier molecular flexibility index (Phi) is 2.19. The largest absolute Gasteiger partial charge is 0.349 e. The van der Waals surface area contributed by atoms with Crippen LogP contribution in [0.15, 0.2) is 18.2 Å². The van der Waals surface area contributed by atoms with Gasteiger partial charge < -0.3 is 5.32 Å². The molecule has 0 bridgehead atoms. The van der Waals surface area contributed by atoms with E-state index >= 15 is 0 Å². The van der Waals surface area contributed by atoms with Crippen molar-refractivity contribution in [3.05, 3.63) is 35.4 Å². The Labute approximate surface area is 79.9 Å². The molecule has 74 valence electrons. The zero-order valence-electron chi connectivity index (χ0n) is 7.39. The van der Waals surface area contributed by atoms with E-state index in [-0.39, 0.29) is 11.5 Å². The lowest BCUT2D eigenvalue weighted by molar-refractivity contribution is -0.119. The number of carbonyl (C=O) groups is 1. The van der Waals surface area contributed by atoms with Crippen LogP contribution in [0.25, 0.3) is 0 Å². The Bertz CT molecular complexity index is 358. The molecule has 1 saturated heterocycles. The van der Waals surface area contributed by atoms with Crippen LogP contribution < -0.4 is 5.32 Å². The predicted octanol–water partition coefficient (Wildman–Crippen LogP) is 1.92. The Balaban J connectivity index is 2.36. The molecule has 2 nitrogen and oxygen atoms in total. The smallest absolute Gasteiger partial charge is 0.220 e. The van der Waals surface area contributed by atoms with Crippen LogP contribution in [0, 0.1) is 11.6 Å². The number of amides is 1. The molecule has 0 spiro atoms. The summed E-state index contributed by atoms with van der Waals surface area (Å²) in [5.41, 5.74) is -0.0293. The molecule has 1 aliphatic rings. The van der Waals surface area contributed by atoms with Crippen LogP contribution in [0.2, 0.25) is 0 Å². The molecule has 0 aliphatic carbocycles. The number of rotatable bonds is 1. The second-order valence-electron chi connectivity index (χ2n) is 3.29. The lowest BCUT2D eigenvalue weighted by atomic mass is 10.0. The topological polar surface area (TPSA) is 29.1 Å². The minimum atomic E-state index is -0.600. The fourth-order valence-corrected chi connectivity index (χ4v) is 1.67. The molecule has 1 N–H and O–H groups in total. The number of halogens is 2. The van der Waals surface area contributed by atoms with E-state index in [9.17, 15) is 13.6 Å². The van der Waals surface area contributed by atoms with Crippen molar-refractivity contribution >= 4 is 5.91 Å². The number of benzene rings is 1. The highest BCUT2D eigenvalue weighted by Crippen LogP contribution is 2.27. The summed E-state index contributed by atoms with van der Waals surface area (Å²) < 4.78 is 26.5. The molecule has 1 aromatic carbocycles. The fraction of sp³-hybridized carbons (Fsp3) is 0.300. The third kappa shape index (κ3) is 1.47. The van der Waals surface area contributed by atoms with Gasteiger partial charge in [0.2, 0.25) is 5.91 Å². The summed E-state index contributed by atoms with van der Waals surface area (Å²) in [6.07, 6.45) is 0.787. The van der Waals surface area contributed by atoms with Crippen molar-refractivity contribution in [2.24, 2.45) is 0 Å². The van der Waals surface area contributed by atoms with Gasteiger partial charge >= 0.3 is 0 Å². The summed E-state index contributed by atoms with van der Waals surface area (Å²) in [6, 6.07) is 3.19. The highest BCUT2D eigenvalue weighted by molar-refractivity contribution is 5.78. The van der Waals surface area contributed by atoms with E-state index in [1.54, 1.807) is 0 Å². The molecule has 1 aromatic rings. The van der Waals surface area contributed by atoms with Gasteiger partial charge in [0.05, 0.1) is 6.04 Å². The monoisotopic (exact) mass is 197 g/mol. The molecule has 2 rings (SSSR count). The molecule has 0 aromatic heterocycles. The Morgan fingerprint density at radius 1 is 1.29 bits per heavy atom. The summed E-state index contributed by atoms with van der Waals surface area (Å²) in [5, 5.41) is 2.53. The molecule has 0 unspecified atom stereocenters. The van der Waals surface area contributed by atoms with E-state index in [1.807, 2.05) is 0 Å². The summed E-state index contributed by atoms with van der Waals surface area (Å²) in [7, 11) is 0. The van der Waals surface area contributed by atoms with Crippen molar-refractivity contribution in [3.63, 3.8) is 0 Å². The van der Waals surface area contributed by atoms with Crippen LogP contribution in [0.1, 0.15) is 24.4 Å². The molecule has 14 heavy (non-hydrogen) atoms. The van der Waals surface area contributed by atoms with Gasteiger partial charge in [0.1, 0.15) is 11.6 Å². The van der Waals surface area contributed by atoms with Crippen molar-refractivity contribution in [1.82, 2.24) is 5.32 Å². The molecule has 1 amide bonds. The molecule has 4 heteroatoms. The highest BCUT2D eigenvalue weighted by atomic mass is 19.1. The van der Waals surface area contributed by atoms with Gasteiger partial charge in [-0.25, -0.2) is 8.78 Å². The molecular formula is C10H9F2NO. The highest BCUT2D eigenvalue weighted by Gasteiger charge is 2.27. The van der Waals surface area contributed by atoms with E-state index in [1.165, 1.54) is 18.2 Å². The maximum absolute atomic E-state index is 13.2. The van der Waals surface area contributed by atoms with Gasteiger partial charge in [-0.2, -0.15) is 0 Å². The minimum Gasteiger partial charge on any atom is -0.349 e. The zero-order valence-corrected chi connectivity index (χ0v) is 7.39. The SMILES string of the molecule is O=C1CC[C@@H](c2c(F)cccc2F)N1. The van der Waals surface area contributed by atoms with Crippen LogP contribution >= 0.6 is 0 Å². The normalized spacial score (nSPS) is 21.0. The average Bonchev–Trinajstić information content (AvgIpc) is 2.51. The van der Waals surface area contributed by atoms with Gasteiger partial charge in [-0.3, -0.25) is 4.79 Å². The number of nitrogens with one attached hydrogen (secondary N) is 1. The first kappa shape index (κ1) is 9.12. The van der Waals surface area contributed by atoms with Gasteiger partial charge in [0.25, 0.3) is 0 Å². The maximum Gasteiger partial charge on any atom is 0.220 e. The fourth-order valence-electron chi connectivity index (χ4n) is 1.67. The molecule has 0 radical (unpaired) electrons. The van der Waals surface area contributed by atoms with E-state index in [2.05, 4.69) is 5.32 Å². The summed E-state index contributed by atoms with van der Waals surface area (Å²) in [6.45, 7) is 0. The van der Waals surface area contributed by atoms with Crippen molar-refractivity contribution in [2.75, 3.05) is 0 Å². The first-order valence-electron chi connectivity index (χ1n) is 4.42. The quantitative estimate of drug-likeness (QED) is 0.732. The third-order valence-electron chi connectivity index (χ3n) is 2.34. The molecule has 0 saturated carbocycles. The predicted molar refractivity (Wildman–Crippen MR) is 46.5 cm³/mol. The first-order valence-corrected chi connectivity index (χ1v) is 4.42. The van der Waals surface area contributed by atoms with Crippen molar-refractivity contribution in [3.8, 4) is 0 Å². The number of carbonyl (C=O) groups excluding carboxylic acids is 1.